The summed E-state index contributed by atoms with van der Waals surface area (Å²) in [6, 6.07) is 0. The summed E-state index contributed by atoms with van der Waals surface area (Å²) in [5.74, 6) is 0.108. The fourth-order valence-corrected chi connectivity index (χ4v) is 1.97. The second-order valence-electron chi connectivity index (χ2n) is 4.71. The molecule has 1 fully saturated rings. The number of amides is 1. The van der Waals surface area contributed by atoms with Gasteiger partial charge in [-0.3, -0.25) is 9.69 Å². The van der Waals surface area contributed by atoms with E-state index in [2.05, 4.69) is 6.58 Å². The van der Waals surface area contributed by atoms with Gasteiger partial charge in [-0.15, -0.1) is 6.58 Å². The monoisotopic (exact) mass is 256 g/mol. The summed E-state index contributed by atoms with van der Waals surface area (Å²) in [6.07, 6.45) is 2.89. The predicted octanol–water partition coefficient (Wildman–Crippen LogP) is 0.104. The molecule has 1 aliphatic heterocycles. The van der Waals surface area contributed by atoms with E-state index in [1.54, 1.807) is 6.08 Å². The van der Waals surface area contributed by atoms with Gasteiger partial charge in [0.05, 0.1) is 25.9 Å². The van der Waals surface area contributed by atoms with E-state index < -0.39 is 6.10 Å². The molecule has 0 aliphatic carbocycles. The highest BCUT2D eigenvalue weighted by Crippen LogP contribution is 2.02. The number of hydrogen-bond acceptors (Lipinski definition) is 4. The molecule has 5 heteroatoms. The number of likely N-dealkylation sites (N-methyl/N-ethyl adjacent to an activating group) is 1. The van der Waals surface area contributed by atoms with Crippen molar-refractivity contribution in [3.05, 3.63) is 12.7 Å². The van der Waals surface area contributed by atoms with Gasteiger partial charge in [-0.1, -0.05) is 6.08 Å². The SMILES string of the molecule is C=CCCC(O)CN(C)CC(=O)N1CCOCC1. The molecule has 0 radical (unpaired) electrons. The predicted molar refractivity (Wildman–Crippen MR) is 70.3 cm³/mol. The average Bonchev–Trinajstić information content (AvgIpc) is 2.37. The third-order valence-electron chi connectivity index (χ3n) is 3.00. The third kappa shape index (κ3) is 5.62. The van der Waals surface area contributed by atoms with E-state index in [1.807, 2.05) is 16.8 Å². The highest BCUT2D eigenvalue weighted by Gasteiger charge is 2.18. The lowest BCUT2D eigenvalue weighted by atomic mass is 10.2. The molecule has 1 atom stereocenters. The minimum Gasteiger partial charge on any atom is -0.392 e. The van der Waals surface area contributed by atoms with Crippen molar-refractivity contribution in [1.29, 1.82) is 0 Å². The van der Waals surface area contributed by atoms with E-state index in [9.17, 15) is 9.90 Å². The average molecular weight is 256 g/mol. The Kier molecular flexibility index (Phi) is 6.93. The Labute approximate surface area is 109 Å². The first-order chi connectivity index (χ1) is 8.63. The van der Waals surface area contributed by atoms with Crippen LogP contribution in [0.2, 0.25) is 0 Å². The molecule has 18 heavy (non-hydrogen) atoms. The molecule has 0 aromatic carbocycles. The maximum Gasteiger partial charge on any atom is 0.236 e. The number of rotatable bonds is 7. The molecule has 1 saturated heterocycles. The number of carbonyl (C=O) groups excluding carboxylic acids is 1. The van der Waals surface area contributed by atoms with Gasteiger partial charge in [0.2, 0.25) is 5.91 Å². The molecule has 0 aromatic rings. The normalized spacial score (nSPS) is 17.8. The zero-order chi connectivity index (χ0) is 13.4. The number of carbonyl (C=O) groups is 1. The van der Waals surface area contributed by atoms with Crippen molar-refractivity contribution in [3.63, 3.8) is 0 Å². The van der Waals surface area contributed by atoms with E-state index in [4.69, 9.17) is 4.74 Å². The summed E-state index contributed by atoms with van der Waals surface area (Å²) >= 11 is 0. The van der Waals surface area contributed by atoms with E-state index >= 15 is 0 Å². The fraction of sp³-hybridized carbons (Fsp3) is 0.769. The second-order valence-corrected chi connectivity index (χ2v) is 4.71. The Morgan fingerprint density at radius 2 is 2.22 bits per heavy atom. The largest absolute Gasteiger partial charge is 0.392 e. The Morgan fingerprint density at radius 1 is 1.56 bits per heavy atom. The van der Waals surface area contributed by atoms with Gasteiger partial charge in [0.25, 0.3) is 0 Å². The lowest BCUT2D eigenvalue weighted by Crippen LogP contribution is -2.46. The Balaban J connectivity index is 2.23. The van der Waals surface area contributed by atoms with Crippen molar-refractivity contribution >= 4 is 5.91 Å². The van der Waals surface area contributed by atoms with Crippen LogP contribution in [-0.4, -0.2) is 73.4 Å². The summed E-state index contributed by atoms with van der Waals surface area (Å²) in [6.45, 7) is 7.08. The van der Waals surface area contributed by atoms with E-state index in [0.717, 1.165) is 6.42 Å². The molecule has 0 spiro atoms. The Hall–Kier alpha value is -0.910. The number of ether oxygens (including phenoxy) is 1. The lowest BCUT2D eigenvalue weighted by molar-refractivity contribution is -0.136. The molecule has 104 valence electrons. The van der Waals surface area contributed by atoms with Gasteiger partial charge in [0, 0.05) is 19.6 Å². The van der Waals surface area contributed by atoms with Crippen LogP contribution < -0.4 is 0 Å². The van der Waals surface area contributed by atoms with Crippen LogP contribution in [0.3, 0.4) is 0 Å². The number of nitrogens with zero attached hydrogens (tertiary/aromatic N) is 2. The van der Waals surface area contributed by atoms with Gasteiger partial charge in [-0.25, -0.2) is 0 Å². The lowest BCUT2D eigenvalue weighted by Gasteiger charge is -2.29. The van der Waals surface area contributed by atoms with Gasteiger partial charge in [-0.2, -0.15) is 0 Å². The fourth-order valence-electron chi connectivity index (χ4n) is 1.97. The molecule has 1 rings (SSSR count). The van der Waals surface area contributed by atoms with E-state index in [1.165, 1.54) is 0 Å². The van der Waals surface area contributed by atoms with Gasteiger partial charge in [0.1, 0.15) is 0 Å². The number of aliphatic hydroxyl groups excluding tert-OH is 1. The van der Waals surface area contributed by atoms with Gasteiger partial charge >= 0.3 is 0 Å². The summed E-state index contributed by atoms with van der Waals surface area (Å²) in [7, 11) is 1.86. The van der Waals surface area contributed by atoms with E-state index in [0.29, 0.717) is 45.8 Å². The number of aliphatic hydroxyl groups is 1. The van der Waals surface area contributed by atoms with Gasteiger partial charge in [-0.05, 0) is 19.9 Å². The zero-order valence-electron chi connectivity index (χ0n) is 11.2. The number of allylic oxidation sites excluding steroid dienone is 1. The molecule has 1 aliphatic rings. The van der Waals surface area contributed by atoms with E-state index in [-0.39, 0.29) is 5.91 Å². The second kappa shape index (κ2) is 8.24. The highest BCUT2D eigenvalue weighted by atomic mass is 16.5. The van der Waals surface area contributed by atoms with Crippen molar-refractivity contribution in [2.45, 2.75) is 18.9 Å². The number of hydrogen-bond donors (Lipinski definition) is 1. The smallest absolute Gasteiger partial charge is 0.236 e. The Bertz CT molecular complexity index is 265. The van der Waals surface area contributed by atoms with Crippen molar-refractivity contribution in [3.8, 4) is 0 Å². The van der Waals surface area contributed by atoms with Crippen LogP contribution >= 0.6 is 0 Å². The quantitative estimate of drug-likeness (QED) is 0.657. The summed E-state index contributed by atoms with van der Waals surface area (Å²) < 4.78 is 5.21. The van der Waals surface area contributed by atoms with Crippen molar-refractivity contribution in [2.75, 3.05) is 46.4 Å². The first kappa shape index (κ1) is 15.1. The van der Waals surface area contributed by atoms with Crippen molar-refractivity contribution in [2.24, 2.45) is 0 Å². The third-order valence-corrected chi connectivity index (χ3v) is 3.00. The minimum atomic E-state index is -0.398. The first-order valence-corrected chi connectivity index (χ1v) is 6.46. The first-order valence-electron chi connectivity index (χ1n) is 6.46. The Morgan fingerprint density at radius 3 is 2.83 bits per heavy atom. The summed E-state index contributed by atoms with van der Waals surface area (Å²) in [4.78, 5) is 15.6. The van der Waals surface area contributed by atoms with Crippen molar-refractivity contribution in [1.82, 2.24) is 9.80 Å². The van der Waals surface area contributed by atoms with Crippen LogP contribution in [-0.2, 0) is 9.53 Å². The topological polar surface area (TPSA) is 53.0 Å². The molecule has 1 unspecified atom stereocenters. The number of morpholine rings is 1. The van der Waals surface area contributed by atoms with Gasteiger partial charge in [0.15, 0.2) is 0 Å². The van der Waals surface area contributed by atoms with Gasteiger partial charge < -0.3 is 14.7 Å². The maximum absolute atomic E-state index is 11.9. The highest BCUT2D eigenvalue weighted by molar-refractivity contribution is 5.78. The van der Waals surface area contributed by atoms with Crippen LogP contribution in [0.25, 0.3) is 0 Å². The van der Waals surface area contributed by atoms with Crippen LogP contribution in [0.15, 0.2) is 12.7 Å². The van der Waals surface area contributed by atoms with Crippen molar-refractivity contribution < 1.29 is 14.6 Å². The summed E-state index contributed by atoms with van der Waals surface area (Å²) in [5, 5.41) is 9.74. The van der Waals surface area contributed by atoms with Crippen LogP contribution in [0.5, 0.6) is 0 Å². The molecule has 1 heterocycles. The minimum absolute atomic E-state index is 0.108. The molecular formula is C13H24N2O3. The molecule has 0 bridgehead atoms. The molecular weight excluding hydrogens is 232 g/mol. The molecule has 1 amide bonds. The molecule has 5 nitrogen and oxygen atoms in total. The van der Waals surface area contributed by atoms with Crippen LogP contribution in [0.4, 0.5) is 0 Å². The summed E-state index contributed by atoms with van der Waals surface area (Å²) in [5.41, 5.74) is 0. The maximum atomic E-state index is 11.9. The molecule has 0 aromatic heterocycles. The van der Waals surface area contributed by atoms with Crippen LogP contribution in [0.1, 0.15) is 12.8 Å². The molecule has 0 saturated carbocycles. The van der Waals surface area contributed by atoms with Crippen LogP contribution in [0, 0.1) is 0 Å². The zero-order valence-corrected chi connectivity index (χ0v) is 11.2. The molecule has 1 N–H and O–H groups in total. The standard InChI is InChI=1S/C13H24N2O3/c1-3-4-5-12(16)10-14(2)11-13(17)15-6-8-18-9-7-15/h3,12,16H,1,4-11H2,2H3.